The van der Waals surface area contributed by atoms with E-state index in [-0.39, 0.29) is 53.5 Å². The first kappa shape index (κ1) is 35.7. The third-order valence-corrected chi connectivity index (χ3v) is 10.1. The van der Waals surface area contributed by atoms with E-state index in [0.29, 0.717) is 50.6 Å². The summed E-state index contributed by atoms with van der Waals surface area (Å²) in [7, 11) is 1.69. The van der Waals surface area contributed by atoms with E-state index in [1.807, 2.05) is 0 Å². The van der Waals surface area contributed by atoms with Crippen LogP contribution in [0.3, 0.4) is 0 Å². The molecule has 5 heterocycles. The molecule has 0 unspecified atom stereocenters. The highest BCUT2D eigenvalue weighted by atomic mass is 35.5. The number of rotatable bonds is 8. The quantitative estimate of drug-likeness (QED) is 0.141. The van der Waals surface area contributed by atoms with Gasteiger partial charge >= 0.3 is 18.3 Å². The number of likely N-dealkylation sites (tertiary alicyclic amines) is 1. The van der Waals surface area contributed by atoms with Gasteiger partial charge in [-0.15, -0.1) is 11.3 Å². The molecule has 1 N–H and O–H groups in total. The van der Waals surface area contributed by atoms with Crippen LogP contribution in [0.2, 0.25) is 5.02 Å². The molecule has 1 saturated heterocycles. The van der Waals surface area contributed by atoms with Crippen molar-refractivity contribution < 1.29 is 27.5 Å². The zero-order chi connectivity index (χ0) is 36.6. The lowest BCUT2D eigenvalue weighted by molar-refractivity contribution is -0.143. The maximum absolute atomic E-state index is 13.9. The zero-order valence-electron chi connectivity index (χ0n) is 27.1. The summed E-state index contributed by atoms with van der Waals surface area (Å²) in [6.45, 7) is 0.817. The second-order valence-electron chi connectivity index (χ2n) is 12.0. The van der Waals surface area contributed by atoms with Crippen molar-refractivity contribution in [2.24, 2.45) is 0 Å². The maximum atomic E-state index is 13.9. The third kappa shape index (κ3) is 6.97. The molecule has 1 aliphatic heterocycles. The van der Waals surface area contributed by atoms with Gasteiger partial charge in [0.05, 0.1) is 46.0 Å². The standard InChI is InChI=1S/C35H28ClF4N7O3S/c1-19-44-27-16-43-31(45(2)22-8-12-46(13-9-22)18-35(39,40)34(37)38)25(15-41)28(27)32(48)47(19)11-3-4-20-5-6-21(36)14-24(20)23-7-10-42-29-26(33(49)50)17-51-30(23)29/h5-7,10,14,16-17,22,34H,8-9,11-13,18H2,1-2H3,(H,49,50). The molecule has 0 atom stereocenters. The minimum Gasteiger partial charge on any atom is -0.478 e. The smallest absolute Gasteiger partial charge is 0.338 e. The summed E-state index contributed by atoms with van der Waals surface area (Å²) < 4.78 is 54.7. The van der Waals surface area contributed by atoms with Crippen molar-refractivity contribution >= 4 is 55.8 Å². The van der Waals surface area contributed by atoms with Gasteiger partial charge in [-0.25, -0.2) is 23.5 Å². The number of pyridine rings is 2. The van der Waals surface area contributed by atoms with Crippen LogP contribution >= 0.6 is 22.9 Å². The van der Waals surface area contributed by atoms with Gasteiger partial charge < -0.3 is 10.0 Å². The average Bonchev–Trinajstić information content (AvgIpc) is 3.54. The number of benzene rings is 1. The fourth-order valence-corrected chi connectivity index (χ4v) is 7.43. The zero-order valence-corrected chi connectivity index (χ0v) is 28.7. The number of nitriles is 1. The predicted octanol–water partition coefficient (Wildman–Crippen LogP) is 6.45. The number of carboxylic acids is 1. The first-order valence-corrected chi connectivity index (χ1v) is 16.9. The Morgan fingerprint density at radius 2 is 1.96 bits per heavy atom. The number of aromatic carboxylic acids is 1. The number of hydrogen-bond donors (Lipinski definition) is 1. The van der Waals surface area contributed by atoms with Gasteiger partial charge in [-0.2, -0.15) is 14.0 Å². The summed E-state index contributed by atoms with van der Waals surface area (Å²) in [5.41, 5.74) is 2.08. The Morgan fingerprint density at radius 3 is 2.65 bits per heavy atom. The van der Waals surface area contributed by atoms with Crippen molar-refractivity contribution in [2.45, 2.75) is 44.7 Å². The van der Waals surface area contributed by atoms with Crippen LogP contribution in [0.1, 0.15) is 40.2 Å². The molecule has 4 aromatic heterocycles. The van der Waals surface area contributed by atoms with Crippen LogP contribution in [0, 0.1) is 30.1 Å². The fourth-order valence-electron chi connectivity index (χ4n) is 6.23. The van der Waals surface area contributed by atoms with Gasteiger partial charge in [-0.05, 0) is 44.0 Å². The van der Waals surface area contributed by atoms with Gasteiger partial charge in [0.2, 0.25) is 0 Å². The lowest BCUT2D eigenvalue weighted by Gasteiger charge is -2.38. The monoisotopic (exact) mass is 737 g/mol. The van der Waals surface area contributed by atoms with Crippen LogP contribution in [0.4, 0.5) is 23.4 Å². The maximum Gasteiger partial charge on any atom is 0.338 e. The molecule has 6 rings (SSSR count). The summed E-state index contributed by atoms with van der Waals surface area (Å²) in [5.74, 6) is 1.50. The van der Waals surface area contributed by atoms with E-state index < -0.39 is 30.4 Å². The Kier molecular flexibility index (Phi) is 9.99. The summed E-state index contributed by atoms with van der Waals surface area (Å²) >= 11 is 7.60. The summed E-state index contributed by atoms with van der Waals surface area (Å²) in [4.78, 5) is 41.9. The Balaban J connectivity index is 1.30. The molecule has 1 aromatic carbocycles. The Morgan fingerprint density at radius 1 is 1.22 bits per heavy atom. The van der Waals surface area contributed by atoms with Gasteiger partial charge in [0, 0.05) is 59.5 Å². The summed E-state index contributed by atoms with van der Waals surface area (Å²) in [5, 5.41) is 21.8. The number of carbonyl (C=O) groups is 1. The van der Waals surface area contributed by atoms with Crippen molar-refractivity contribution in [2.75, 3.05) is 31.6 Å². The van der Waals surface area contributed by atoms with Gasteiger partial charge in [0.1, 0.15) is 23.3 Å². The van der Waals surface area contributed by atoms with Crippen molar-refractivity contribution in [1.82, 2.24) is 24.4 Å². The molecule has 0 saturated carbocycles. The molecule has 262 valence electrons. The van der Waals surface area contributed by atoms with E-state index in [1.54, 1.807) is 43.1 Å². The van der Waals surface area contributed by atoms with E-state index in [9.17, 15) is 37.5 Å². The van der Waals surface area contributed by atoms with Crippen molar-refractivity contribution in [3.05, 3.63) is 79.9 Å². The number of aromatic nitrogens is 4. The van der Waals surface area contributed by atoms with Gasteiger partial charge in [-0.3, -0.25) is 19.2 Å². The molecule has 0 amide bonds. The first-order chi connectivity index (χ1) is 24.3. The van der Waals surface area contributed by atoms with Crippen molar-refractivity contribution in [3.8, 4) is 29.0 Å². The van der Waals surface area contributed by atoms with Gasteiger partial charge in [-0.1, -0.05) is 23.4 Å². The second-order valence-corrected chi connectivity index (χ2v) is 13.4. The summed E-state index contributed by atoms with van der Waals surface area (Å²) in [6.07, 6.45) is -0.109. The predicted molar refractivity (Wildman–Crippen MR) is 186 cm³/mol. The van der Waals surface area contributed by atoms with Crippen LogP contribution < -0.4 is 10.5 Å². The van der Waals surface area contributed by atoms with Crippen LogP contribution in [0.5, 0.6) is 0 Å². The second kappa shape index (κ2) is 14.3. The lowest BCUT2D eigenvalue weighted by Crippen LogP contribution is -2.49. The van der Waals surface area contributed by atoms with E-state index in [2.05, 4.69) is 32.9 Å². The first-order valence-electron chi connectivity index (χ1n) is 15.6. The fraction of sp³-hybridized carbons (Fsp3) is 0.314. The highest BCUT2D eigenvalue weighted by Gasteiger charge is 2.43. The molecule has 16 heteroatoms. The molecule has 1 aliphatic rings. The van der Waals surface area contributed by atoms with Crippen LogP contribution in [-0.4, -0.2) is 80.6 Å². The molecule has 5 aromatic rings. The number of alkyl halides is 4. The minimum absolute atomic E-state index is 0.000702. The molecule has 0 bridgehead atoms. The van der Waals surface area contributed by atoms with Crippen LogP contribution in [0.15, 0.2) is 46.8 Å². The number of thiophene rings is 1. The number of piperidine rings is 1. The SMILES string of the molecule is Cc1nc2cnc(N(C)C3CCN(CC(F)(F)C(F)F)CC3)c(C#N)c2c(=O)n1CC#Cc1ccc(Cl)cc1-c1ccnc2c(C(=O)O)csc12. The van der Waals surface area contributed by atoms with Crippen LogP contribution in [-0.2, 0) is 6.54 Å². The molecule has 0 aliphatic carbocycles. The van der Waals surface area contributed by atoms with Crippen LogP contribution in [0.25, 0.3) is 32.2 Å². The third-order valence-electron chi connectivity index (χ3n) is 8.89. The molecule has 0 spiro atoms. The molecular formula is C35H28ClF4N7O3S. The largest absolute Gasteiger partial charge is 0.478 e. The molecular weight excluding hydrogens is 710 g/mol. The normalized spacial score (nSPS) is 14.1. The summed E-state index contributed by atoms with van der Waals surface area (Å²) in [6, 6.07) is 8.73. The number of anilines is 1. The van der Waals surface area contributed by atoms with E-state index in [4.69, 9.17) is 11.6 Å². The number of halogens is 5. The van der Waals surface area contributed by atoms with Crippen molar-refractivity contribution in [3.63, 3.8) is 0 Å². The minimum atomic E-state index is -4.11. The molecule has 51 heavy (non-hydrogen) atoms. The van der Waals surface area contributed by atoms with Gasteiger partial charge in [0.15, 0.2) is 0 Å². The number of aryl methyl sites for hydroxylation is 1. The highest BCUT2D eigenvalue weighted by Crippen LogP contribution is 2.36. The lowest BCUT2D eigenvalue weighted by atomic mass is 10.00. The highest BCUT2D eigenvalue weighted by molar-refractivity contribution is 7.18. The number of carboxylic acid groups (broad SMARTS) is 1. The number of nitrogens with zero attached hydrogens (tertiary/aromatic N) is 7. The van der Waals surface area contributed by atoms with E-state index >= 15 is 0 Å². The molecule has 1 fully saturated rings. The number of hydrogen-bond acceptors (Lipinski definition) is 9. The Hall–Kier alpha value is -5.09. The molecule has 0 radical (unpaired) electrons. The number of fused-ring (bicyclic) bond motifs is 2. The van der Waals surface area contributed by atoms with Crippen molar-refractivity contribution in [1.29, 1.82) is 5.26 Å². The van der Waals surface area contributed by atoms with Gasteiger partial charge in [0.25, 0.3) is 5.56 Å². The van der Waals surface area contributed by atoms with E-state index in [0.717, 1.165) is 0 Å². The average molecular weight is 738 g/mol. The van der Waals surface area contributed by atoms with E-state index in [1.165, 1.54) is 38.6 Å². The topological polar surface area (TPSA) is 128 Å². The Bertz CT molecular complexity index is 2340. The molecule has 10 nitrogen and oxygen atoms in total. The Labute approximate surface area is 297 Å².